The number of methoxy groups -OCH3 is 2. The smallest absolute Gasteiger partial charge is 0.264 e. The third-order valence-corrected chi connectivity index (χ3v) is 6.34. The van der Waals surface area contributed by atoms with Gasteiger partial charge in [-0.2, -0.15) is 10.1 Å². The van der Waals surface area contributed by atoms with Gasteiger partial charge in [0.15, 0.2) is 0 Å². The van der Waals surface area contributed by atoms with Gasteiger partial charge in [0.2, 0.25) is 5.95 Å². The molecule has 4 aromatic rings. The fourth-order valence-electron chi connectivity index (χ4n) is 4.65. The van der Waals surface area contributed by atoms with E-state index in [1.165, 1.54) is 6.33 Å². The summed E-state index contributed by atoms with van der Waals surface area (Å²) in [5.41, 5.74) is 3.67. The summed E-state index contributed by atoms with van der Waals surface area (Å²) in [6.07, 6.45) is 2.11. The molecule has 1 aromatic heterocycles. The highest BCUT2D eigenvalue weighted by atomic mass is 16.5. The van der Waals surface area contributed by atoms with Crippen LogP contribution in [0.1, 0.15) is 45.6 Å². The molecule has 0 aliphatic carbocycles. The predicted molar refractivity (Wildman–Crippen MR) is 129 cm³/mol. The lowest BCUT2D eigenvalue weighted by Gasteiger charge is -2.39. The molecular weight excluding hydrogens is 428 g/mol. The zero-order valence-electron chi connectivity index (χ0n) is 19.4. The molecule has 0 fully saturated rings. The number of fused-ring (bicyclic) bond motifs is 1. The molecule has 0 radical (unpaired) electrons. The monoisotopic (exact) mass is 454 g/mol. The maximum Gasteiger partial charge on any atom is 0.264 e. The molecule has 1 aliphatic rings. The fourth-order valence-corrected chi connectivity index (χ4v) is 4.65. The van der Waals surface area contributed by atoms with Crippen LogP contribution in [0.25, 0.3) is 0 Å². The van der Waals surface area contributed by atoms with E-state index in [9.17, 15) is 4.79 Å². The van der Waals surface area contributed by atoms with Gasteiger partial charge < -0.3 is 9.47 Å². The number of rotatable bonds is 5. The van der Waals surface area contributed by atoms with Crippen molar-refractivity contribution in [3.63, 3.8) is 0 Å². The number of aromatic nitrogens is 3. The van der Waals surface area contributed by atoms with E-state index in [1.54, 1.807) is 31.3 Å². The number of carbonyl (C=O) groups excluding carboxylic acids is 1. The van der Waals surface area contributed by atoms with E-state index in [2.05, 4.69) is 41.3 Å². The van der Waals surface area contributed by atoms with Crippen molar-refractivity contribution < 1.29 is 14.3 Å². The zero-order valence-corrected chi connectivity index (χ0v) is 19.4. The van der Waals surface area contributed by atoms with Crippen LogP contribution in [0.3, 0.4) is 0 Å². The van der Waals surface area contributed by atoms with Crippen LogP contribution in [0.2, 0.25) is 0 Å². The van der Waals surface area contributed by atoms with Gasteiger partial charge in [0.1, 0.15) is 17.8 Å². The average Bonchev–Trinajstić information content (AvgIpc) is 3.37. The summed E-state index contributed by atoms with van der Waals surface area (Å²) in [6, 6.07) is 23.1. The number of aryl methyl sites for hydroxylation is 1. The van der Waals surface area contributed by atoms with E-state index in [4.69, 9.17) is 9.47 Å². The van der Waals surface area contributed by atoms with Crippen LogP contribution in [-0.4, -0.2) is 34.9 Å². The summed E-state index contributed by atoms with van der Waals surface area (Å²) >= 11 is 0. The molecule has 1 aliphatic heterocycles. The normalized spacial score (nSPS) is 17.2. The van der Waals surface area contributed by atoms with Crippen LogP contribution in [0, 0.1) is 6.92 Å². The Bertz CT molecular complexity index is 1320. The molecule has 0 bridgehead atoms. The van der Waals surface area contributed by atoms with E-state index in [0.717, 1.165) is 22.4 Å². The van der Waals surface area contributed by atoms with Gasteiger partial charge in [-0.05, 0) is 37.1 Å². The van der Waals surface area contributed by atoms with Gasteiger partial charge in [0.05, 0.1) is 31.9 Å². The van der Waals surface area contributed by atoms with Gasteiger partial charge in [-0.1, -0.05) is 60.2 Å². The molecule has 1 amide bonds. The molecule has 0 saturated carbocycles. The second kappa shape index (κ2) is 9.02. The van der Waals surface area contributed by atoms with Gasteiger partial charge in [0, 0.05) is 5.56 Å². The second-order valence-electron chi connectivity index (χ2n) is 8.30. The van der Waals surface area contributed by atoms with E-state index in [-0.39, 0.29) is 18.0 Å². The van der Waals surface area contributed by atoms with E-state index in [1.807, 2.05) is 41.1 Å². The van der Waals surface area contributed by atoms with Crippen LogP contribution in [0.5, 0.6) is 11.5 Å². The SMILES string of the molecule is COc1ccccc1C(=O)N1c2ncnn2[C@@H](c2ccccc2OC)C[C@@H]1c1ccc(C)cc1. The predicted octanol–water partition coefficient (Wildman–Crippen LogP) is 4.98. The maximum absolute atomic E-state index is 14.0. The number of nitrogens with zero attached hydrogens (tertiary/aromatic N) is 4. The second-order valence-corrected chi connectivity index (χ2v) is 8.30. The van der Waals surface area contributed by atoms with Crippen molar-refractivity contribution in [1.82, 2.24) is 14.8 Å². The molecule has 34 heavy (non-hydrogen) atoms. The van der Waals surface area contributed by atoms with E-state index in [0.29, 0.717) is 23.7 Å². The summed E-state index contributed by atoms with van der Waals surface area (Å²) in [7, 11) is 3.23. The first-order valence-electron chi connectivity index (χ1n) is 11.2. The molecular formula is C27H26N4O3. The molecule has 0 saturated heterocycles. The molecule has 2 heterocycles. The first-order valence-corrected chi connectivity index (χ1v) is 11.2. The van der Waals surface area contributed by atoms with Gasteiger partial charge in [-0.25, -0.2) is 4.68 Å². The molecule has 3 aromatic carbocycles. The van der Waals surface area contributed by atoms with Crippen molar-refractivity contribution >= 4 is 11.9 Å². The number of anilines is 1. The minimum absolute atomic E-state index is 0.151. The molecule has 0 unspecified atom stereocenters. The van der Waals surface area contributed by atoms with Crippen LogP contribution in [0.4, 0.5) is 5.95 Å². The van der Waals surface area contributed by atoms with Gasteiger partial charge >= 0.3 is 0 Å². The summed E-state index contributed by atoms with van der Waals surface area (Å²) < 4.78 is 13.0. The molecule has 0 N–H and O–H groups in total. The Morgan fingerprint density at radius 1 is 0.882 bits per heavy atom. The van der Waals surface area contributed by atoms with Crippen molar-refractivity contribution in [2.45, 2.75) is 25.4 Å². The average molecular weight is 455 g/mol. The Kier molecular flexibility index (Phi) is 5.76. The first kappa shape index (κ1) is 21.7. The third-order valence-electron chi connectivity index (χ3n) is 6.34. The number of ether oxygens (including phenoxy) is 2. The van der Waals surface area contributed by atoms with Crippen molar-refractivity contribution in [2.24, 2.45) is 0 Å². The number of para-hydroxylation sites is 2. The fraction of sp³-hybridized carbons (Fsp3) is 0.222. The Morgan fingerprint density at radius 3 is 2.29 bits per heavy atom. The van der Waals surface area contributed by atoms with Crippen molar-refractivity contribution in [3.05, 3.63) is 101 Å². The number of hydrogen-bond acceptors (Lipinski definition) is 5. The number of hydrogen-bond donors (Lipinski definition) is 0. The highest BCUT2D eigenvalue weighted by Gasteiger charge is 2.41. The highest BCUT2D eigenvalue weighted by Crippen LogP contribution is 2.44. The molecule has 2 atom stereocenters. The molecule has 7 nitrogen and oxygen atoms in total. The molecule has 0 spiro atoms. The summed E-state index contributed by atoms with van der Waals surface area (Å²) in [4.78, 5) is 20.3. The van der Waals surface area contributed by atoms with Gasteiger partial charge in [-0.3, -0.25) is 9.69 Å². The Morgan fingerprint density at radius 2 is 1.56 bits per heavy atom. The Balaban J connectivity index is 1.68. The third kappa shape index (κ3) is 3.69. The molecule has 172 valence electrons. The van der Waals surface area contributed by atoms with Crippen LogP contribution < -0.4 is 14.4 Å². The number of benzene rings is 3. The minimum Gasteiger partial charge on any atom is -0.496 e. The lowest BCUT2D eigenvalue weighted by molar-refractivity contribution is 0.0960. The largest absolute Gasteiger partial charge is 0.496 e. The van der Waals surface area contributed by atoms with Crippen LogP contribution in [-0.2, 0) is 0 Å². The Hall–Kier alpha value is -4.13. The standard InChI is InChI=1S/C27H26N4O3/c1-18-12-14-19(15-13-18)22-16-23(20-8-4-6-10-24(20)33-2)31-27(28-17-29-31)30(22)26(32)21-9-5-7-11-25(21)34-3/h4-15,17,22-23H,16H2,1-3H3/t22-,23-/m1/s1. The Labute approximate surface area is 198 Å². The van der Waals surface area contributed by atoms with Crippen LogP contribution >= 0.6 is 0 Å². The summed E-state index contributed by atoms with van der Waals surface area (Å²) in [5.74, 6) is 1.61. The van der Waals surface area contributed by atoms with Gasteiger partial charge in [0.25, 0.3) is 5.91 Å². The number of amides is 1. The molecule has 5 rings (SSSR count). The lowest BCUT2D eigenvalue weighted by atomic mass is 9.90. The summed E-state index contributed by atoms with van der Waals surface area (Å²) in [6.45, 7) is 2.05. The molecule has 7 heteroatoms. The maximum atomic E-state index is 14.0. The summed E-state index contributed by atoms with van der Waals surface area (Å²) in [5, 5.41) is 4.53. The number of carbonyl (C=O) groups is 1. The van der Waals surface area contributed by atoms with E-state index >= 15 is 0 Å². The zero-order chi connectivity index (χ0) is 23.7. The van der Waals surface area contributed by atoms with Crippen molar-refractivity contribution in [1.29, 1.82) is 0 Å². The van der Waals surface area contributed by atoms with Crippen molar-refractivity contribution in [2.75, 3.05) is 19.1 Å². The first-order chi connectivity index (χ1) is 16.6. The minimum atomic E-state index is -0.260. The topological polar surface area (TPSA) is 69.5 Å². The van der Waals surface area contributed by atoms with Crippen molar-refractivity contribution in [3.8, 4) is 11.5 Å². The van der Waals surface area contributed by atoms with E-state index < -0.39 is 0 Å². The van der Waals surface area contributed by atoms with Crippen LogP contribution in [0.15, 0.2) is 79.1 Å². The van der Waals surface area contributed by atoms with Gasteiger partial charge in [-0.15, -0.1) is 0 Å². The lowest BCUT2D eigenvalue weighted by Crippen LogP contribution is -2.42. The quantitative estimate of drug-likeness (QED) is 0.425. The highest BCUT2D eigenvalue weighted by molar-refractivity contribution is 6.07.